The molecule has 2 rings (SSSR count). The van der Waals surface area contributed by atoms with Crippen LogP contribution in [0.2, 0.25) is 0 Å². The Kier molecular flexibility index (Phi) is 4.12. The van der Waals surface area contributed by atoms with Gasteiger partial charge < -0.3 is 10.5 Å². The topological polar surface area (TPSA) is 48.1 Å². The van der Waals surface area contributed by atoms with Crippen LogP contribution in [-0.2, 0) is 0 Å². The van der Waals surface area contributed by atoms with Gasteiger partial charge in [0.05, 0.1) is 18.3 Å². The minimum Gasteiger partial charge on any atom is -0.491 e. The predicted octanol–water partition coefficient (Wildman–Crippen LogP) is 3.06. The number of nitrogens with two attached hydrogens (primary N) is 1. The highest BCUT2D eigenvalue weighted by Crippen LogP contribution is 2.22. The fourth-order valence-corrected chi connectivity index (χ4v) is 1.82. The molecule has 0 amide bonds. The number of rotatable bonds is 4. The first kappa shape index (κ1) is 13.5. The lowest BCUT2D eigenvalue weighted by molar-refractivity contribution is 0.242. The summed E-state index contributed by atoms with van der Waals surface area (Å²) in [5.74, 6) is 0.413. The van der Waals surface area contributed by atoms with E-state index in [1.165, 1.54) is 6.07 Å². The van der Waals surface area contributed by atoms with Crippen molar-refractivity contribution in [2.75, 3.05) is 0 Å². The molecule has 1 atom stereocenters. The third kappa shape index (κ3) is 3.51. The Labute approximate surface area is 112 Å². The van der Waals surface area contributed by atoms with Crippen molar-refractivity contribution in [1.29, 1.82) is 0 Å². The van der Waals surface area contributed by atoms with E-state index in [1.807, 2.05) is 38.1 Å². The molecule has 0 bridgehead atoms. The number of hydrogen-bond acceptors (Lipinski definition) is 3. The van der Waals surface area contributed by atoms with Gasteiger partial charge in [-0.3, -0.25) is 4.98 Å². The zero-order valence-electron chi connectivity index (χ0n) is 11.0. The first-order valence-electron chi connectivity index (χ1n) is 6.19. The molecule has 0 fully saturated rings. The van der Waals surface area contributed by atoms with Crippen LogP contribution in [-0.4, -0.2) is 11.1 Å². The van der Waals surface area contributed by atoms with Crippen molar-refractivity contribution >= 4 is 0 Å². The zero-order valence-corrected chi connectivity index (χ0v) is 11.0. The number of nitrogens with zero attached hydrogens (tertiary/aromatic N) is 1. The maximum absolute atomic E-state index is 13.1. The molecular formula is C15H17FN2O. The third-order valence-electron chi connectivity index (χ3n) is 2.70. The normalized spacial score (nSPS) is 12.5. The highest BCUT2D eigenvalue weighted by atomic mass is 19.1. The van der Waals surface area contributed by atoms with Crippen molar-refractivity contribution < 1.29 is 9.13 Å². The van der Waals surface area contributed by atoms with Gasteiger partial charge in [0, 0.05) is 6.20 Å². The molecule has 0 aliphatic rings. The number of ether oxygens (including phenoxy) is 1. The van der Waals surface area contributed by atoms with Gasteiger partial charge in [0.25, 0.3) is 0 Å². The summed E-state index contributed by atoms with van der Waals surface area (Å²) in [5, 5.41) is 0. The quantitative estimate of drug-likeness (QED) is 0.919. The van der Waals surface area contributed by atoms with E-state index in [2.05, 4.69) is 4.98 Å². The second kappa shape index (κ2) is 5.80. The minimum atomic E-state index is -0.392. The van der Waals surface area contributed by atoms with Gasteiger partial charge >= 0.3 is 0 Å². The van der Waals surface area contributed by atoms with E-state index in [1.54, 1.807) is 6.20 Å². The average Bonchev–Trinajstić information content (AvgIpc) is 2.38. The van der Waals surface area contributed by atoms with Crippen LogP contribution in [0.3, 0.4) is 0 Å². The van der Waals surface area contributed by atoms with E-state index in [9.17, 15) is 4.39 Å². The number of aromatic nitrogens is 1. The van der Waals surface area contributed by atoms with Crippen molar-refractivity contribution in [3.05, 3.63) is 59.7 Å². The molecule has 1 aromatic carbocycles. The average molecular weight is 260 g/mol. The SMILES string of the molecule is CC(C)Oc1ccc(C(N)c2cncc(F)c2)cc1. The van der Waals surface area contributed by atoms with Crippen molar-refractivity contribution in [2.24, 2.45) is 5.73 Å². The predicted molar refractivity (Wildman–Crippen MR) is 72.4 cm³/mol. The van der Waals surface area contributed by atoms with Gasteiger partial charge in [-0.1, -0.05) is 12.1 Å². The summed E-state index contributed by atoms with van der Waals surface area (Å²) in [6.07, 6.45) is 2.87. The second-order valence-corrected chi connectivity index (χ2v) is 4.65. The molecule has 100 valence electrons. The fraction of sp³-hybridized carbons (Fsp3) is 0.267. The molecule has 0 saturated heterocycles. The van der Waals surface area contributed by atoms with Crippen LogP contribution < -0.4 is 10.5 Å². The van der Waals surface area contributed by atoms with Gasteiger partial charge in [-0.05, 0) is 43.2 Å². The number of hydrogen-bond donors (Lipinski definition) is 1. The molecule has 2 aromatic rings. The van der Waals surface area contributed by atoms with Crippen LogP contribution in [0, 0.1) is 5.82 Å². The monoisotopic (exact) mass is 260 g/mol. The zero-order chi connectivity index (χ0) is 13.8. The van der Waals surface area contributed by atoms with Gasteiger partial charge in [0.1, 0.15) is 11.6 Å². The first-order chi connectivity index (χ1) is 9.06. The summed E-state index contributed by atoms with van der Waals surface area (Å²) in [4.78, 5) is 3.81. The minimum absolute atomic E-state index is 0.131. The second-order valence-electron chi connectivity index (χ2n) is 4.65. The summed E-state index contributed by atoms with van der Waals surface area (Å²) < 4.78 is 18.7. The van der Waals surface area contributed by atoms with Gasteiger partial charge in [-0.2, -0.15) is 0 Å². The molecule has 1 aromatic heterocycles. The molecule has 0 radical (unpaired) electrons. The van der Waals surface area contributed by atoms with Crippen LogP contribution in [0.1, 0.15) is 31.0 Å². The molecule has 4 heteroatoms. The van der Waals surface area contributed by atoms with Gasteiger partial charge in [0.2, 0.25) is 0 Å². The van der Waals surface area contributed by atoms with E-state index in [0.717, 1.165) is 17.5 Å². The van der Waals surface area contributed by atoms with Crippen LogP contribution in [0.5, 0.6) is 5.75 Å². The van der Waals surface area contributed by atoms with Crippen molar-refractivity contribution in [2.45, 2.75) is 26.0 Å². The fourth-order valence-electron chi connectivity index (χ4n) is 1.82. The number of halogens is 1. The highest BCUT2D eigenvalue weighted by molar-refractivity contribution is 5.34. The Morgan fingerprint density at radius 1 is 1.11 bits per heavy atom. The smallest absolute Gasteiger partial charge is 0.141 e. The Morgan fingerprint density at radius 3 is 2.37 bits per heavy atom. The molecular weight excluding hydrogens is 243 g/mol. The summed E-state index contributed by atoms with van der Waals surface area (Å²) in [7, 11) is 0. The molecule has 2 N–H and O–H groups in total. The van der Waals surface area contributed by atoms with Gasteiger partial charge in [-0.15, -0.1) is 0 Å². The van der Waals surface area contributed by atoms with E-state index in [0.29, 0.717) is 5.56 Å². The van der Waals surface area contributed by atoms with Crippen LogP contribution >= 0.6 is 0 Å². The van der Waals surface area contributed by atoms with E-state index < -0.39 is 6.04 Å². The molecule has 0 aliphatic heterocycles. The molecule has 0 saturated carbocycles. The standard InChI is InChI=1S/C15H17FN2O/c1-10(2)19-14-5-3-11(4-6-14)15(17)12-7-13(16)9-18-8-12/h3-10,15H,17H2,1-2H3. The molecule has 1 heterocycles. The maximum Gasteiger partial charge on any atom is 0.141 e. The Morgan fingerprint density at radius 2 is 1.79 bits per heavy atom. The van der Waals surface area contributed by atoms with Crippen molar-refractivity contribution in [1.82, 2.24) is 4.98 Å². The number of benzene rings is 1. The summed E-state index contributed by atoms with van der Waals surface area (Å²) in [5.41, 5.74) is 7.63. The Bertz CT molecular complexity index is 540. The largest absolute Gasteiger partial charge is 0.491 e. The van der Waals surface area contributed by atoms with Crippen LogP contribution in [0.25, 0.3) is 0 Å². The molecule has 1 unspecified atom stereocenters. The van der Waals surface area contributed by atoms with Crippen molar-refractivity contribution in [3.63, 3.8) is 0 Å². The van der Waals surface area contributed by atoms with E-state index in [-0.39, 0.29) is 11.9 Å². The van der Waals surface area contributed by atoms with E-state index in [4.69, 9.17) is 10.5 Å². The lowest BCUT2D eigenvalue weighted by Crippen LogP contribution is -2.12. The third-order valence-corrected chi connectivity index (χ3v) is 2.70. The van der Waals surface area contributed by atoms with Crippen LogP contribution in [0.4, 0.5) is 4.39 Å². The number of pyridine rings is 1. The summed E-state index contributed by atoms with van der Waals surface area (Å²) >= 11 is 0. The lowest BCUT2D eigenvalue weighted by Gasteiger charge is -2.14. The van der Waals surface area contributed by atoms with Gasteiger partial charge in [-0.25, -0.2) is 4.39 Å². The highest BCUT2D eigenvalue weighted by Gasteiger charge is 2.10. The molecule has 0 spiro atoms. The van der Waals surface area contributed by atoms with Gasteiger partial charge in [0.15, 0.2) is 0 Å². The Balaban J connectivity index is 2.17. The first-order valence-corrected chi connectivity index (χ1v) is 6.19. The molecule has 19 heavy (non-hydrogen) atoms. The van der Waals surface area contributed by atoms with Crippen LogP contribution in [0.15, 0.2) is 42.7 Å². The Hall–Kier alpha value is -1.94. The lowest BCUT2D eigenvalue weighted by atomic mass is 10.0. The van der Waals surface area contributed by atoms with E-state index >= 15 is 0 Å². The maximum atomic E-state index is 13.1. The van der Waals surface area contributed by atoms with Crippen molar-refractivity contribution in [3.8, 4) is 5.75 Å². The summed E-state index contributed by atoms with van der Waals surface area (Å²) in [6, 6.07) is 8.50. The molecule has 0 aliphatic carbocycles. The summed E-state index contributed by atoms with van der Waals surface area (Å²) in [6.45, 7) is 3.94. The molecule has 3 nitrogen and oxygen atoms in total.